The molecule has 0 fully saturated rings. The third-order valence-corrected chi connectivity index (χ3v) is 2.67. The van der Waals surface area contributed by atoms with Crippen molar-refractivity contribution in [3.63, 3.8) is 0 Å². The van der Waals surface area contributed by atoms with Crippen molar-refractivity contribution in [3.05, 3.63) is 34.6 Å². The molecule has 0 heterocycles. The Hall–Kier alpha value is -0.640. The summed E-state index contributed by atoms with van der Waals surface area (Å²) < 4.78 is 12.9. The molecule has 0 aliphatic rings. The van der Waals surface area contributed by atoms with E-state index in [2.05, 4.69) is 0 Å². The highest BCUT2D eigenvalue weighted by Crippen LogP contribution is 2.24. The van der Waals surface area contributed by atoms with Crippen molar-refractivity contribution < 1.29 is 14.6 Å². The van der Waals surface area contributed by atoms with Gasteiger partial charge in [-0.3, -0.25) is 0 Å². The molecule has 0 bridgehead atoms. The van der Waals surface area contributed by atoms with Gasteiger partial charge in [0.15, 0.2) is 0 Å². The first-order valence-corrected chi connectivity index (χ1v) is 5.04. The van der Waals surface area contributed by atoms with E-state index in [1.54, 1.807) is 13.0 Å². The Bertz CT molecular complexity index is 337. The SMILES string of the molecule is CC(CO)(CO)Cc1ccc(F)c(Cl)c1. The highest BCUT2D eigenvalue weighted by Gasteiger charge is 2.23. The van der Waals surface area contributed by atoms with Crippen LogP contribution in [0.4, 0.5) is 4.39 Å². The van der Waals surface area contributed by atoms with Crippen LogP contribution in [0.25, 0.3) is 0 Å². The first-order chi connectivity index (χ1) is 7.00. The van der Waals surface area contributed by atoms with Crippen molar-refractivity contribution in [1.82, 2.24) is 0 Å². The maximum atomic E-state index is 12.9. The summed E-state index contributed by atoms with van der Waals surface area (Å²) in [4.78, 5) is 0. The summed E-state index contributed by atoms with van der Waals surface area (Å²) in [5.74, 6) is -0.463. The zero-order valence-electron chi connectivity index (χ0n) is 8.50. The molecule has 1 aromatic carbocycles. The fourth-order valence-electron chi connectivity index (χ4n) is 1.30. The van der Waals surface area contributed by atoms with Gasteiger partial charge in [0, 0.05) is 5.41 Å². The van der Waals surface area contributed by atoms with Gasteiger partial charge in [-0.15, -0.1) is 0 Å². The second kappa shape index (κ2) is 4.92. The summed E-state index contributed by atoms with van der Waals surface area (Å²) >= 11 is 5.63. The van der Waals surface area contributed by atoms with E-state index < -0.39 is 11.2 Å². The smallest absolute Gasteiger partial charge is 0.141 e. The number of benzene rings is 1. The second-order valence-corrected chi connectivity index (χ2v) is 4.46. The quantitative estimate of drug-likeness (QED) is 0.834. The summed E-state index contributed by atoms with van der Waals surface area (Å²) in [5.41, 5.74) is 0.202. The van der Waals surface area contributed by atoms with Crippen LogP contribution in [0.3, 0.4) is 0 Å². The first kappa shape index (κ1) is 12.4. The zero-order chi connectivity index (χ0) is 11.5. The lowest BCUT2D eigenvalue weighted by Gasteiger charge is -2.24. The highest BCUT2D eigenvalue weighted by atomic mass is 35.5. The maximum absolute atomic E-state index is 12.9. The summed E-state index contributed by atoms with van der Waals surface area (Å²) in [6.07, 6.45) is 0.458. The molecule has 2 N–H and O–H groups in total. The van der Waals surface area contributed by atoms with E-state index in [0.717, 1.165) is 5.56 Å². The molecule has 0 aromatic heterocycles. The Kier molecular flexibility index (Phi) is 4.08. The topological polar surface area (TPSA) is 40.5 Å². The molecule has 4 heteroatoms. The summed E-state index contributed by atoms with van der Waals surface area (Å²) in [6, 6.07) is 4.40. The molecule has 2 nitrogen and oxygen atoms in total. The minimum Gasteiger partial charge on any atom is -0.396 e. The Morgan fingerprint density at radius 2 is 1.93 bits per heavy atom. The van der Waals surface area contributed by atoms with Gasteiger partial charge in [-0.25, -0.2) is 4.39 Å². The van der Waals surface area contributed by atoms with Crippen molar-refractivity contribution in [2.75, 3.05) is 13.2 Å². The molecule has 1 rings (SSSR count). The van der Waals surface area contributed by atoms with Crippen LogP contribution in [-0.2, 0) is 6.42 Å². The minimum atomic E-state index is -0.596. The molecule has 15 heavy (non-hydrogen) atoms. The van der Waals surface area contributed by atoms with E-state index in [4.69, 9.17) is 21.8 Å². The second-order valence-electron chi connectivity index (χ2n) is 4.05. The molecule has 0 spiro atoms. The van der Waals surface area contributed by atoms with E-state index in [1.807, 2.05) is 0 Å². The van der Waals surface area contributed by atoms with Gasteiger partial charge in [-0.2, -0.15) is 0 Å². The van der Waals surface area contributed by atoms with Crippen LogP contribution < -0.4 is 0 Å². The normalized spacial score (nSPS) is 11.8. The van der Waals surface area contributed by atoms with Gasteiger partial charge in [-0.05, 0) is 24.1 Å². The van der Waals surface area contributed by atoms with Crippen LogP contribution in [0.2, 0.25) is 5.02 Å². The molecule has 0 amide bonds. The largest absolute Gasteiger partial charge is 0.396 e. The van der Waals surface area contributed by atoms with Gasteiger partial charge in [0.25, 0.3) is 0 Å². The molecule has 0 saturated heterocycles. The standard InChI is InChI=1S/C11H14ClFO2/c1-11(6-14,7-15)5-8-2-3-10(13)9(12)4-8/h2-4,14-15H,5-7H2,1H3. The average Bonchev–Trinajstić information content (AvgIpc) is 2.23. The summed E-state index contributed by atoms with van der Waals surface area (Å²) in [7, 11) is 0. The number of hydrogen-bond donors (Lipinski definition) is 2. The summed E-state index contributed by atoms with van der Waals surface area (Å²) in [6.45, 7) is 1.50. The van der Waals surface area contributed by atoms with Crippen LogP contribution >= 0.6 is 11.6 Å². The van der Waals surface area contributed by atoms with Gasteiger partial charge in [-0.1, -0.05) is 24.6 Å². The highest BCUT2D eigenvalue weighted by molar-refractivity contribution is 6.30. The fourth-order valence-corrected chi connectivity index (χ4v) is 1.51. The summed E-state index contributed by atoms with van der Waals surface area (Å²) in [5, 5.41) is 18.3. The molecule has 0 aliphatic carbocycles. The average molecular weight is 233 g/mol. The van der Waals surface area contributed by atoms with Gasteiger partial charge in [0.05, 0.1) is 18.2 Å². The molecule has 0 radical (unpaired) electrons. The number of aliphatic hydroxyl groups is 2. The predicted molar refractivity (Wildman–Crippen MR) is 57.4 cm³/mol. The van der Waals surface area contributed by atoms with Gasteiger partial charge in [0.1, 0.15) is 5.82 Å². The third kappa shape index (κ3) is 3.16. The van der Waals surface area contributed by atoms with Crippen LogP contribution in [0.5, 0.6) is 0 Å². The van der Waals surface area contributed by atoms with Crippen molar-refractivity contribution >= 4 is 11.6 Å². The Morgan fingerprint density at radius 3 is 2.40 bits per heavy atom. The van der Waals surface area contributed by atoms with Gasteiger partial charge in [0.2, 0.25) is 0 Å². The van der Waals surface area contributed by atoms with E-state index in [1.165, 1.54) is 12.1 Å². The zero-order valence-corrected chi connectivity index (χ0v) is 9.26. The number of halogens is 2. The molecule has 0 aliphatic heterocycles. The Labute approximate surface area is 93.3 Å². The van der Waals surface area contributed by atoms with Gasteiger partial charge >= 0.3 is 0 Å². The van der Waals surface area contributed by atoms with Crippen molar-refractivity contribution in [1.29, 1.82) is 0 Å². The molecule has 0 saturated carbocycles. The predicted octanol–water partition coefficient (Wildman–Crippen LogP) is 2.01. The first-order valence-electron chi connectivity index (χ1n) is 4.66. The van der Waals surface area contributed by atoms with Crippen molar-refractivity contribution in [3.8, 4) is 0 Å². The van der Waals surface area contributed by atoms with E-state index >= 15 is 0 Å². The minimum absolute atomic E-state index is 0.0609. The Balaban J connectivity index is 2.85. The number of hydrogen-bond acceptors (Lipinski definition) is 2. The number of rotatable bonds is 4. The monoisotopic (exact) mass is 232 g/mol. The van der Waals surface area contributed by atoms with Crippen LogP contribution in [-0.4, -0.2) is 23.4 Å². The third-order valence-electron chi connectivity index (χ3n) is 2.38. The number of aliphatic hydroxyl groups excluding tert-OH is 2. The lowest BCUT2D eigenvalue weighted by atomic mass is 9.85. The maximum Gasteiger partial charge on any atom is 0.141 e. The van der Waals surface area contributed by atoms with E-state index in [0.29, 0.717) is 6.42 Å². The van der Waals surface area contributed by atoms with Crippen molar-refractivity contribution in [2.24, 2.45) is 5.41 Å². The Morgan fingerprint density at radius 1 is 1.33 bits per heavy atom. The van der Waals surface area contributed by atoms with Crippen molar-refractivity contribution in [2.45, 2.75) is 13.3 Å². The molecule has 0 unspecified atom stereocenters. The molecule has 1 aromatic rings. The van der Waals surface area contributed by atoms with Crippen LogP contribution in [0.15, 0.2) is 18.2 Å². The lowest BCUT2D eigenvalue weighted by Crippen LogP contribution is -2.28. The lowest BCUT2D eigenvalue weighted by molar-refractivity contribution is 0.0704. The van der Waals surface area contributed by atoms with Gasteiger partial charge < -0.3 is 10.2 Å². The van der Waals surface area contributed by atoms with Crippen LogP contribution in [0, 0.1) is 11.2 Å². The fraction of sp³-hybridized carbons (Fsp3) is 0.455. The van der Waals surface area contributed by atoms with Crippen LogP contribution in [0.1, 0.15) is 12.5 Å². The molecule has 0 atom stereocenters. The molecular weight excluding hydrogens is 219 g/mol. The molecule has 84 valence electrons. The van der Waals surface area contributed by atoms with E-state index in [-0.39, 0.29) is 18.2 Å². The molecular formula is C11H14ClFO2. The van der Waals surface area contributed by atoms with E-state index in [9.17, 15) is 4.39 Å².